The van der Waals surface area contributed by atoms with Crippen molar-refractivity contribution >= 4 is 5.91 Å². The molecular formula is C21H26N2O3. The number of rotatable bonds is 7. The summed E-state index contributed by atoms with van der Waals surface area (Å²) in [6.07, 6.45) is 0.366. The Morgan fingerprint density at radius 3 is 2.42 bits per heavy atom. The molecule has 2 N–H and O–H groups in total. The van der Waals surface area contributed by atoms with E-state index >= 15 is 0 Å². The van der Waals surface area contributed by atoms with Crippen LogP contribution in [0, 0.1) is 5.92 Å². The van der Waals surface area contributed by atoms with Crippen molar-refractivity contribution in [2.24, 2.45) is 11.7 Å². The van der Waals surface area contributed by atoms with E-state index in [1.54, 1.807) is 7.11 Å². The molecule has 1 heterocycles. The number of nitrogens with two attached hydrogens (primary N) is 1. The molecule has 0 bridgehead atoms. The maximum Gasteiger partial charge on any atom is 0.226 e. The van der Waals surface area contributed by atoms with Crippen LogP contribution in [0.4, 0.5) is 0 Å². The largest absolute Gasteiger partial charge is 0.497 e. The fourth-order valence-corrected chi connectivity index (χ4v) is 3.48. The standard InChI is InChI=1S/C21H26N2O3/c1-25-18-7-9-19(10-8-18)26-12-11-21(24)23-14-17(13-22)20(15-23)16-5-3-2-4-6-16/h2-10,17,20H,11-15,22H2,1H3/t17-,20+/m1/s1. The van der Waals surface area contributed by atoms with Crippen molar-refractivity contribution in [3.63, 3.8) is 0 Å². The first-order chi connectivity index (χ1) is 12.7. The van der Waals surface area contributed by atoms with Gasteiger partial charge in [0.1, 0.15) is 11.5 Å². The number of hydrogen-bond donors (Lipinski definition) is 1. The second-order valence-electron chi connectivity index (χ2n) is 6.59. The number of likely N-dealkylation sites (tertiary alicyclic amines) is 1. The third kappa shape index (κ3) is 4.35. The van der Waals surface area contributed by atoms with Gasteiger partial charge in [0.2, 0.25) is 5.91 Å². The minimum atomic E-state index is 0.121. The van der Waals surface area contributed by atoms with Gasteiger partial charge >= 0.3 is 0 Å². The second kappa shape index (κ2) is 8.72. The fourth-order valence-electron chi connectivity index (χ4n) is 3.48. The Hall–Kier alpha value is -2.53. The first-order valence-corrected chi connectivity index (χ1v) is 9.01. The van der Waals surface area contributed by atoms with E-state index in [1.807, 2.05) is 47.4 Å². The molecule has 2 aromatic carbocycles. The number of amides is 1. The number of methoxy groups -OCH3 is 1. The Kier molecular flexibility index (Phi) is 6.12. The van der Waals surface area contributed by atoms with Crippen molar-refractivity contribution in [3.8, 4) is 11.5 Å². The van der Waals surface area contributed by atoms with Gasteiger partial charge in [-0.05, 0) is 42.3 Å². The highest BCUT2D eigenvalue weighted by Gasteiger charge is 2.34. The number of ether oxygens (including phenoxy) is 2. The Labute approximate surface area is 154 Å². The van der Waals surface area contributed by atoms with Gasteiger partial charge in [0.15, 0.2) is 0 Å². The molecule has 1 fully saturated rings. The lowest BCUT2D eigenvalue weighted by atomic mass is 9.89. The highest BCUT2D eigenvalue weighted by molar-refractivity contribution is 5.76. The van der Waals surface area contributed by atoms with E-state index < -0.39 is 0 Å². The monoisotopic (exact) mass is 354 g/mol. The predicted octanol–water partition coefficient (Wildman–Crippen LogP) is 2.67. The van der Waals surface area contributed by atoms with Gasteiger partial charge in [-0.25, -0.2) is 0 Å². The molecule has 1 saturated heterocycles. The smallest absolute Gasteiger partial charge is 0.226 e. The van der Waals surface area contributed by atoms with E-state index in [9.17, 15) is 4.79 Å². The molecule has 5 heteroatoms. The SMILES string of the molecule is COc1ccc(OCCC(=O)N2C[C@@H](CN)[C@H](c3ccccc3)C2)cc1. The van der Waals surface area contributed by atoms with Gasteiger partial charge in [-0.1, -0.05) is 30.3 Å². The molecule has 1 aliphatic heterocycles. The molecular weight excluding hydrogens is 328 g/mol. The molecule has 26 heavy (non-hydrogen) atoms. The lowest BCUT2D eigenvalue weighted by molar-refractivity contribution is -0.130. The van der Waals surface area contributed by atoms with E-state index in [1.165, 1.54) is 5.56 Å². The van der Waals surface area contributed by atoms with Gasteiger partial charge in [0.05, 0.1) is 20.1 Å². The second-order valence-corrected chi connectivity index (χ2v) is 6.59. The molecule has 1 aliphatic rings. The van der Waals surface area contributed by atoms with Gasteiger partial charge in [0.25, 0.3) is 0 Å². The topological polar surface area (TPSA) is 64.8 Å². The van der Waals surface area contributed by atoms with E-state index in [0.717, 1.165) is 24.6 Å². The number of carbonyl (C=O) groups is 1. The molecule has 138 valence electrons. The highest BCUT2D eigenvalue weighted by atomic mass is 16.5. The molecule has 0 aliphatic carbocycles. The molecule has 0 spiro atoms. The molecule has 0 unspecified atom stereocenters. The Bertz CT molecular complexity index is 703. The zero-order valence-corrected chi connectivity index (χ0v) is 15.1. The van der Waals surface area contributed by atoms with Crippen LogP contribution >= 0.6 is 0 Å². The highest BCUT2D eigenvalue weighted by Crippen LogP contribution is 2.32. The lowest BCUT2D eigenvalue weighted by Gasteiger charge is -2.17. The van der Waals surface area contributed by atoms with Gasteiger partial charge in [-0.3, -0.25) is 4.79 Å². The minimum absolute atomic E-state index is 0.121. The van der Waals surface area contributed by atoms with Crippen molar-refractivity contribution in [1.82, 2.24) is 4.90 Å². The van der Waals surface area contributed by atoms with Crippen LogP contribution in [-0.2, 0) is 4.79 Å². The van der Waals surface area contributed by atoms with Crippen molar-refractivity contribution < 1.29 is 14.3 Å². The molecule has 3 rings (SSSR count). The third-order valence-electron chi connectivity index (χ3n) is 4.97. The summed E-state index contributed by atoms with van der Waals surface area (Å²) in [5, 5.41) is 0. The molecule has 2 atom stereocenters. The summed E-state index contributed by atoms with van der Waals surface area (Å²) >= 11 is 0. The van der Waals surface area contributed by atoms with Gasteiger partial charge < -0.3 is 20.1 Å². The summed E-state index contributed by atoms with van der Waals surface area (Å²) in [6, 6.07) is 17.7. The third-order valence-corrected chi connectivity index (χ3v) is 4.97. The Morgan fingerprint density at radius 1 is 1.08 bits per heavy atom. The fraction of sp³-hybridized carbons (Fsp3) is 0.381. The van der Waals surface area contributed by atoms with Crippen LogP contribution in [0.25, 0.3) is 0 Å². The number of nitrogens with zero attached hydrogens (tertiary/aromatic N) is 1. The summed E-state index contributed by atoms with van der Waals surface area (Å²) in [4.78, 5) is 14.5. The van der Waals surface area contributed by atoms with Crippen LogP contribution in [0.3, 0.4) is 0 Å². The number of hydrogen-bond acceptors (Lipinski definition) is 4. The van der Waals surface area contributed by atoms with Gasteiger partial charge in [0, 0.05) is 19.0 Å². The molecule has 2 aromatic rings. The summed E-state index contributed by atoms with van der Waals surface area (Å²) in [7, 11) is 1.63. The number of benzene rings is 2. The van der Waals surface area contributed by atoms with Crippen molar-refractivity contribution in [2.45, 2.75) is 12.3 Å². The maximum atomic E-state index is 12.6. The molecule has 0 radical (unpaired) electrons. The van der Waals surface area contributed by atoms with Gasteiger partial charge in [-0.2, -0.15) is 0 Å². The van der Waals surface area contributed by atoms with Crippen LogP contribution < -0.4 is 15.2 Å². The molecule has 0 saturated carbocycles. The first-order valence-electron chi connectivity index (χ1n) is 9.01. The quantitative estimate of drug-likeness (QED) is 0.830. The van der Waals surface area contributed by atoms with Crippen molar-refractivity contribution in [1.29, 1.82) is 0 Å². The average Bonchev–Trinajstić information content (AvgIpc) is 3.14. The summed E-state index contributed by atoms with van der Waals surface area (Å²) < 4.78 is 10.8. The Morgan fingerprint density at radius 2 is 1.77 bits per heavy atom. The summed E-state index contributed by atoms with van der Waals surface area (Å²) in [5.41, 5.74) is 7.21. The lowest BCUT2D eigenvalue weighted by Crippen LogP contribution is -2.30. The van der Waals surface area contributed by atoms with Gasteiger partial charge in [-0.15, -0.1) is 0 Å². The van der Waals surface area contributed by atoms with Crippen LogP contribution in [0.1, 0.15) is 17.9 Å². The molecule has 1 amide bonds. The van der Waals surface area contributed by atoms with Crippen LogP contribution in [-0.4, -0.2) is 44.2 Å². The summed E-state index contributed by atoms with van der Waals surface area (Å²) in [5.74, 6) is 2.26. The van der Waals surface area contributed by atoms with Crippen LogP contribution in [0.15, 0.2) is 54.6 Å². The van der Waals surface area contributed by atoms with Crippen LogP contribution in [0.5, 0.6) is 11.5 Å². The van der Waals surface area contributed by atoms with E-state index in [-0.39, 0.29) is 5.91 Å². The van der Waals surface area contributed by atoms with Crippen molar-refractivity contribution in [3.05, 3.63) is 60.2 Å². The first kappa shape index (κ1) is 18.3. The van der Waals surface area contributed by atoms with E-state index in [2.05, 4.69) is 12.1 Å². The molecule has 0 aromatic heterocycles. The average molecular weight is 354 g/mol. The predicted molar refractivity (Wildman–Crippen MR) is 101 cm³/mol. The van der Waals surface area contributed by atoms with Crippen LogP contribution in [0.2, 0.25) is 0 Å². The molecule has 5 nitrogen and oxygen atoms in total. The summed E-state index contributed by atoms with van der Waals surface area (Å²) in [6.45, 7) is 2.40. The van der Waals surface area contributed by atoms with E-state index in [0.29, 0.717) is 31.4 Å². The normalized spacial score (nSPS) is 19.4. The number of carbonyl (C=O) groups excluding carboxylic acids is 1. The minimum Gasteiger partial charge on any atom is -0.497 e. The van der Waals surface area contributed by atoms with E-state index in [4.69, 9.17) is 15.2 Å². The zero-order chi connectivity index (χ0) is 18.4. The maximum absolute atomic E-state index is 12.6. The Balaban J connectivity index is 1.51. The zero-order valence-electron chi connectivity index (χ0n) is 15.1. The van der Waals surface area contributed by atoms with Crippen molar-refractivity contribution in [2.75, 3.05) is 33.4 Å².